The van der Waals surface area contributed by atoms with Gasteiger partial charge in [0.05, 0.1) is 18.3 Å². The highest BCUT2D eigenvalue weighted by Crippen LogP contribution is 2.20. The SMILES string of the molecule is CC(CNC(=O)Cc1ccccc1)(CC(=O)O)C(=O)O. The number of carbonyl (C=O) groups excluding carboxylic acids is 1. The quantitative estimate of drug-likeness (QED) is 0.688. The molecule has 0 fully saturated rings. The highest BCUT2D eigenvalue weighted by Gasteiger charge is 2.36. The lowest BCUT2D eigenvalue weighted by Crippen LogP contribution is -2.42. The first kappa shape index (κ1) is 15.7. The first-order chi connectivity index (χ1) is 9.33. The number of hydrogen-bond acceptors (Lipinski definition) is 3. The van der Waals surface area contributed by atoms with E-state index in [1.807, 2.05) is 6.07 Å². The van der Waals surface area contributed by atoms with E-state index in [9.17, 15) is 14.4 Å². The van der Waals surface area contributed by atoms with Crippen molar-refractivity contribution in [3.8, 4) is 0 Å². The van der Waals surface area contributed by atoms with Gasteiger partial charge in [0.25, 0.3) is 0 Å². The Balaban J connectivity index is 2.57. The predicted octanol–water partition coefficient (Wildman–Crippen LogP) is 0.911. The van der Waals surface area contributed by atoms with E-state index >= 15 is 0 Å². The smallest absolute Gasteiger partial charge is 0.311 e. The van der Waals surface area contributed by atoms with Gasteiger partial charge in [-0.15, -0.1) is 0 Å². The summed E-state index contributed by atoms with van der Waals surface area (Å²) in [6.07, 6.45) is -0.419. The molecule has 0 aromatic heterocycles. The Labute approximate surface area is 116 Å². The van der Waals surface area contributed by atoms with Gasteiger partial charge in [0.2, 0.25) is 5.91 Å². The number of nitrogens with one attached hydrogen (secondary N) is 1. The van der Waals surface area contributed by atoms with Crippen LogP contribution in [0.2, 0.25) is 0 Å². The number of carbonyl (C=O) groups is 3. The molecule has 6 heteroatoms. The van der Waals surface area contributed by atoms with Crippen LogP contribution in [-0.4, -0.2) is 34.6 Å². The van der Waals surface area contributed by atoms with Crippen molar-refractivity contribution in [3.63, 3.8) is 0 Å². The zero-order valence-electron chi connectivity index (χ0n) is 11.1. The van der Waals surface area contributed by atoms with Gasteiger partial charge in [0.15, 0.2) is 0 Å². The summed E-state index contributed by atoms with van der Waals surface area (Å²) in [6, 6.07) is 9.00. The Kier molecular flexibility index (Phi) is 5.25. The maximum atomic E-state index is 11.7. The summed E-state index contributed by atoms with van der Waals surface area (Å²) >= 11 is 0. The Morgan fingerprint density at radius 2 is 1.75 bits per heavy atom. The molecule has 20 heavy (non-hydrogen) atoms. The summed E-state index contributed by atoms with van der Waals surface area (Å²) in [6.45, 7) is 1.08. The number of amides is 1. The molecule has 3 N–H and O–H groups in total. The number of benzene rings is 1. The van der Waals surface area contributed by atoms with E-state index in [1.54, 1.807) is 24.3 Å². The van der Waals surface area contributed by atoms with E-state index in [0.29, 0.717) is 0 Å². The van der Waals surface area contributed by atoms with Crippen LogP contribution in [-0.2, 0) is 20.8 Å². The van der Waals surface area contributed by atoms with Crippen LogP contribution in [0, 0.1) is 5.41 Å². The number of rotatable bonds is 7. The summed E-state index contributed by atoms with van der Waals surface area (Å²) in [5, 5.41) is 20.3. The largest absolute Gasteiger partial charge is 0.481 e. The summed E-state index contributed by atoms with van der Waals surface area (Å²) in [5.74, 6) is -2.80. The number of carboxylic acid groups (broad SMARTS) is 2. The minimum absolute atomic E-state index is 0.129. The Morgan fingerprint density at radius 3 is 2.25 bits per heavy atom. The molecule has 0 saturated heterocycles. The van der Waals surface area contributed by atoms with E-state index in [2.05, 4.69) is 5.32 Å². The molecule has 1 amide bonds. The van der Waals surface area contributed by atoms with Crippen molar-refractivity contribution in [3.05, 3.63) is 35.9 Å². The zero-order valence-corrected chi connectivity index (χ0v) is 11.1. The molecule has 0 spiro atoms. The molecule has 6 nitrogen and oxygen atoms in total. The molecule has 1 aromatic rings. The third-order valence-corrected chi connectivity index (χ3v) is 2.94. The fourth-order valence-corrected chi connectivity index (χ4v) is 1.68. The second kappa shape index (κ2) is 6.70. The maximum absolute atomic E-state index is 11.7. The van der Waals surface area contributed by atoms with Crippen LogP contribution in [0.1, 0.15) is 18.9 Å². The fraction of sp³-hybridized carbons (Fsp3) is 0.357. The van der Waals surface area contributed by atoms with Crippen LogP contribution in [0.4, 0.5) is 0 Å². The molecule has 0 saturated carbocycles. The second-order valence-corrected chi connectivity index (χ2v) is 4.88. The normalized spacial score (nSPS) is 13.2. The molecule has 0 bridgehead atoms. The van der Waals surface area contributed by atoms with Crippen molar-refractivity contribution < 1.29 is 24.6 Å². The van der Waals surface area contributed by atoms with Crippen LogP contribution in [0.15, 0.2) is 30.3 Å². The number of carboxylic acids is 2. The molecule has 0 aliphatic rings. The van der Waals surface area contributed by atoms with E-state index in [0.717, 1.165) is 5.56 Å². The lowest BCUT2D eigenvalue weighted by molar-refractivity contribution is -0.154. The van der Waals surface area contributed by atoms with Crippen LogP contribution in [0.25, 0.3) is 0 Å². The average molecular weight is 279 g/mol. The molecule has 0 aliphatic heterocycles. The maximum Gasteiger partial charge on any atom is 0.311 e. The van der Waals surface area contributed by atoms with Crippen LogP contribution in [0.5, 0.6) is 0 Å². The molecule has 0 heterocycles. The third-order valence-electron chi connectivity index (χ3n) is 2.94. The van der Waals surface area contributed by atoms with Gasteiger partial charge in [-0.25, -0.2) is 0 Å². The molecule has 1 rings (SSSR count). The summed E-state index contributed by atoms with van der Waals surface area (Å²) in [4.78, 5) is 33.5. The fourth-order valence-electron chi connectivity index (χ4n) is 1.68. The van der Waals surface area contributed by atoms with Crippen LogP contribution in [0.3, 0.4) is 0 Å². The predicted molar refractivity (Wildman–Crippen MR) is 71.2 cm³/mol. The van der Waals surface area contributed by atoms with E-state index in [-0.39, 0.29) is 18.9 Å². The molecule has 1 unspecified atom stereocenters. The molecular weight excluding hydrogens is 262 g/mol. The van der Waals surface area contributed by atoms with Crippen molar-refractivity contribution in [2.45, 2.75) is 19.8 Å². The molecule has 0 aliphatic carbocycles. The van der Waals surface area contributed by atoms with Gasteiger partial charge in [-0.2, -0.15) is 0 Å². The highest BCUT2D eigenvalue weighted by molar-refractivity contribution is 5.83. The lowest BCUT2D eigenvalue weighted by Gasteiger charge is -2.23. The van der Waals surface area contributed by atoms with Crippen molar-refractivity contribution in [2.75, 3.05) is 6.54 Å². The lowest BCUT2D eigenvalue weighted by atomic mass is 9.87. The Morgan fingerprint density at radius 1 is 1.15 bits per heavy atom. The molecule has 108 valence electrons. The molecule has 0 radical (unpaired) electrons. The van der Waals surface area contributed by atoms with Gasteiger partial charge in [-0.1, -0.05) is 30.3 Å². The van der Waals surface area contributed by atoms with E-state index < -0.39 is 23.8 Å². The van der Waals surface area contributed by atoms with Crippen molar-refractivity contribution >= 4 is 17.8 Å². The van der Waals surface area contributed by atoms with Gasteiger partial charge < -0.3 is 15.5 Å². The zero-order chi connectivity index (χ0) is 15.2. The van der Waals surface area contributed by atoms with Crippen molar-refractivity contribution in [1.82, 2.24) is 5.32 Å². The van der Waals surface area contributed by atoms with Crippen molar-refractivity contribution in [2.24, 2.45) is 5.41 Å². The standard InChI is InChI=1S/C14H17NO5/c1-14(13(19)20,8-12(17)18)9-15-11(16)7-10-5-3-2-4-6-10/h2-6H,7-9H2,1H3,(H,15,16)(H,17,18)(H,19,20). The number of hydrogen-bond donors (Lipinski definition) is 3. The van der Waals surface area contributed by atoms with E-state index in [4.69, 9.17) is 10.2 Å². The van der Waals surface area contributed by atoms with Crippen molar-refractivity contribution in [1.29, 1.82) is 0 Å². The minimum atomic E-state index is -1.52. The Hall–Kier alpha value is -2.37. The van der Waals surface area contributed by atoms with Crippen LogP contribution < -0.4 is 5.32 Å². The first-order valence-electron chi connectivity index (χ1n) is 6.09. The number of aliphatic carboxylic acids is 2. The van der Waals surface area contributed by atoms with Gasteiger partial charge in [0, 0.05) is 6.54 Å². The van der Waals surface area contributed by atoms with E-state index in [1.165, 1.54) is 6.92 Å². The molecule has 1 aromatic carbocycles. The van der Waals surface area contributed by atoms with Crippen LogP contribution >= 0.6 is 0 Å². The van der Waals surface area contributed by atoms with Gasteiger partial charge in [0.1, 0.15) is 0 Å². The van der Waals surface area contributed by atoms with Gasteiger partial charge >= 0.3 is 11.9 Å². The third kappa shape index (κ3) is 4.72. The van der Waals surface area contributed by atoms with Gasteiger partial charge in [-0.3, -0.25) is 14.4 Å². The summed E-state index contributed by atoms with van der Waals surface area (Å²) < 4.78 is 0. The summed E-state index contributed by atoms with van der Waals surface area (Å²) in [5.41, 5.74) is -0.710. The first-order valence-corrected chi connectivity index (χ1v) is 6.09. The second-order valence-electron chi connectivity index (χ2n) is 4.88. The molecular formula is C14H17NO5. The topological polar surface area (TPSA) is 104 Å². The molecule has 1 atom stereocenters. The monoisotopic (exact) mass is 279 g/mol. The van der Waals surface area contributed by atoms with Gasteiger partial charge in [-0.05, 0) is 12.5 Å². The average Bonchev–Trinajstić information content (AvgIpc) is 2.36. The Bertz CT molecular complexity index is 500. The summed E-state index contributed by atoms with van der Waals surface area (Å²) in [7, 11) is 0. The highest BCUT2D eigenvalue weighted by atomic mass is 16.4. The minimum Gasteiger partial charge on any atom is -0.481 e.